The third-order valence-corrected chi connectivity index (χ3v) is 3.37. The molecule has 1 unspecified atom stereocenters. The number of urea groups is 1. The van der Waals surface area contributed by atoms with Crippen molar-refractivity contribution in [1.29, 1.82) is 0 Å². The summed E-state index contributed by atoms with van der Waals surface area (Å²) in [5.41, 5.74) is 0. The Morgan fingerprint density at radius 3 is 2.74 bits per heavy atom. The lowest BCUT2D eigenvalue weighted by Crippen LogP contribution is -2.47. The molecule has 0 bridgehead atoms. The van der Waals surface area contributed by atoms with Crippen molar-refractivity contribution >= 4 is 12.0 Å². The molecule has 2 N–H and O–H groups in total. The van der Waals surface area contributed by atoms with Gasteiger partial charge in [-0.15, -0.1) is 0 Å². The molecule has 1 aliphatic rings. The van der Waals surface area contributed by atoms with Crippen molar-refractivity contribution in [2.45, 2.75) is 25.7 Å². The van der Waals surface area contributed by atoms with Gasteiger partial charge in [-0.3, -0.25) is 4.79 Å². The molecule has 6 heteroatoms. The second kappa shape index (κ2) is 7.99. The zero-order valence-electron chi connectivity index (χ0n) is 11.9. The summed E-state index contributed by atoms with van der Waals surface area (Å²) in [4.78, 5) is 26.5. The van der Waals surface area contributed by atoms with Crippen molar-refractivity contribution in [1.82, 2.24) is 15.1 Å². The smallest absolute Gasteiger partial charge is 0.317 e. The van der Waals surface area contributed by atoms with E-state index in [1.807, 2.05) is 14.1 Å². The van der Waals surface area contributed by atoms with Crippen molar-refractivity contribution in [3.05, 3.63) is 0 Å². The van der Waals surface area contributed by atoms with E-state index in [-0.39, 0.29) is 6.03 Å². The maximum Gasteiger partial charge on any atom is 0.317 e. The number of likely N-dealkylation sites (tertiary alicyclic amines) is 1. The molecular weight excluding hydrogens is 246 g/mol. The minimum absolute atomic E-state index is 0.129. The molecule has 1 fully saturated rings. The number of hydrogen-bond acceptors (Lipinski definition) is 3. The minimum Gasteiger partial charge on any atom is -0.481 e. The van der Waals surface area contributed by atoms with Crippen LogP contribution in [-0.2, 0) is 4.79 Å². The molecule has 1 saturated heterocycles. The van der Waals surface area contributed by atoms with Gasteiger partial charge in [0.05, 0.1) is 5.92 Å². The Morgan fingerprint density at radius 2 is 2.11 bits per heavy atom. The maximum atomic E-state index is 11.9. The van der Waals surface area contributed by atoms with Gasteiger partial charge in [0.1, 0.15) is 0 Å². The van der Waals surface area contributed by atoms with Crippen molar-refractivity contribution in [2.75, 3.05) is 40.3 Å². The van der Waals surface area contributed by atoms with Crippen LogP contribution in [0.5, 0.6) is 0 Å². The third kappa shape index (κ3) is 5.92. The Labute approximate surface area is 114 Å². The Hall–Kier alpha value is -1.30. The average molecular weight is 271 g/mol. The van der Waals surface area contributed by atoms with Gasteiger partial charge in [-0.1, -0.05) is 0 Å². The molecule has 110 valence electrons. The number of unbranched alkanes of at least 4 members (excludes halogenated alkanes) is 1. The van der Waals surface area contributed by atoms with E-state index in [1.165, 1.54) is 0 Å². The zero-order chi connectivity index (χ0) is 14.3. The van der Waals surface area contributed by atoms with Crippen molar-refractivity contribution < 1.29 is 14.7 Å². The van der Waals surface area contributed by atoms with Gasteiger partial charge in [0.15, 0.2) is 0 Å². The van der Waals surface area contributed by atoms with E-state index in [0.717, 1.165) is 25.8 Å². The number of nitrogens with one attached hydrogen (secondary N) is 1. The Morgan fingerprint density at radius 1 is 1.37 bits per heavy atom. The number of piperidine rings is 1. The number of nitrogens with zero attached hydrogens (tertiary/aromatic N) is 2. The quantitative estimate of drug-likeness (QED) is 0.702. The van der Waals surface area contributed by atoms with E-state index < -0.39 is 11.9 Å². The zero-order valence-corrected chi connectivity index (χ0v) is 11.9. The highest BCUT2D eigenvalue weighted by atomic mass is 16.4. The number of aliphatic carboxylic acids is 1. The third-order valence-electron chi connectivity index (χ3n) is 3.37. The SMILES string of the molecule is CN(C)CCCCNC(=O)N1CCCC(C(=O)O)C1. The van der Waals surface area contributed by atoms with Crippen LogP contribution in [0.1, 0.15) is 25.7 Å². The summed E-state index contributed by atoms with van der Waals surface area (Å²) in [7, 11) is 4.05. The first-order chi connectivity index (χ1) is 9.00. The fourth-order valence-corrected chi connectivity index (χ4v) is 2.22. The topological polar surface area (TPSA) is 72.9 Å². The van der Waals surface area contributed by atoms with Crippen LogP contribution in [-0.4, -0.2) is 67.2 Å². The first-order valence-corrected chi connectivity index (χ1v) is 6.91. The minimum atomic E-state index is -0.802. The van der Waals surface area contributed by atoms with Crippen LogP contribution in [0.15, 0.2) is 0 Å². The van der Waals surface area contributed by atoms with Gasteiger partial charge in [-0.05, 0) is 46.3 Å². The number of hydrogen-bond donors (Lipinski definition) is 2. The van der Waals surface area contributed by atoms with Crippen LogP contribution in [0.2, 0.25) is 0 Å². The molecule has 0 aromatic heterocycles. The van der Waals surface area contributed by atoms with Crippen LogP contribution in [0.25, 0.3) is 0 Å². The first-order valence-electron chi connectivity index (χ1n) is 6.91. The van der Waals surface area contributed by atoms with Gasteiger partial charge in [-0.2, -0.15) is 0 Å². The van der Waals surface area contributed by atoms with Gasteiger partial charge in [-0.25, -0.2) is 4.79 Å². The second-order valence-corrected chi connectivity index (χ2v) is 5.37. The summed E-state index contributed by atoms with van der Waals surface area (Å²) in [6.07, 6.45) is 3.43. The summed E-state index contributed by atoms with van der Waals surface area (Å²) in [6, 6.07) is -0.129. The molecule has 0 aromatic carbocycles. The summed E-state index contributed by atoms with van der Waals surface area (Å²) >= 11 is 0. The summed E-state index contributed by atoms with van der Waals surface area (Å²) in [6.45, 7) is 2.66. The molecule has 0 radical (unpaired) electrons. The van der Waals surface area contributed by atoms with Crippen LogP contribution in [0.4, 0.5) is 4.79 Å². The van der Waals surface area contributed by atoms with Crippen LogP contribution in [0.3, 0.4) is 0 Å². The molecule has 1 aliphatic heterocycles. The fraction of sp³-hybridized carbons (Fsp3) is 0.846. The molecule has 0 spiro atoms. The predicted octanol–water partition coefficient (Wildman–Crippen LogP) is 0.834. The molecule has 0 saturated carbocycles. The molecule has 1 heterocycles. The first kappa shape index (κ1) is 15.8. The molecule has 6 nitrogen and oxygen atoms in total. The highest BCUT2D eigenvalue weighted by molar-refractivity contribution is 5.76. The van der Waals surface area contributed by atoms with Crippen LogP contribution >= 0.6 is 0 Å². The Kier molecular flexibility index (Phi) is 6.62. The van der Waals surface area contributed by atoms with Gasteiger partial charge < -0.3 is 20.2 Å². The van der Waals surface area contributed by atoms with Gasteiger partial charge in [0.2, 0.25) is 0 Å². The Bertz CT molecular complexity index is 308. The number of rotatable bonds is 6. The molecule has 1 rings (SSSR count). The monoisotopic (exact) mass is 271 g/mol. The number of carbonyl (C=O) groups is 2. The Balaban J connectivity index is 2.20. The molecule has 19 heavy (non-hydrogen) atoms. The summed E-state index contributed by atoms with van der Waals surface area (Å²) in [5, 5.41) is 11.8. The maximum absolute atomic E-state index is 11.9. The van der Waals surface area contributed by atoms with Gasteiger partial charge in [0.25, 0.3) is 0 Å². The lowest BCUT2D eigenvalue weighted by molar-refractivity contribution is -0.143. The predicted molar refractivity (Wildman–Crippen MR) is 73.1 cm³/mol. The lowest BCUT2D eigenvalue weighted by Gasteiger charge is -2.30. The second-order valence-electron chi connectivity index (χ2n) is 5.37. The molecule has 1 atom stereocenters. The van der Waals surface area contributed by atoms with Crippen LogP contribution < -0.4 is 5.32 Å². The van der Waals surface area contributed by atoms with E-state index in [1.54, 1.807) is 4.90 Å². The van der Waals surface area contributed by atoms with Gasteiger partial charge >= 0.3 is 12.0 Å². The summed E-state index contributed by atoms with van der Waals surface area (Å²) < 4.78 is 0. The fourth-order valence-electron chi connectivity index (χ4n) is 2.22. The van der Waals surface area contributed by atoms with Crippen molar-refractivity contribution in [3.8, 4) is 0 Å². The van der Waals surface area contributed by atoms with Crippen molar-refractivity contribution in [3.63, 3.8) is 0 Å². The molecule has 0 aromatic rings. The number of carbonyl (C=O) groups excluding carboxylic acids is 1. The normalized spacial score (nSPS) is 19.5. The standard InChI is InChI=1S/C13H25N3O3/c1-15(2)8-4-3-7-14-13(19)16-9-5-6-11(10-16)12(17)18/h11H,3-10H2,1-2H3,(H,14,19)(H,17,18). The number of carboxylic acid groups (broad SMARTS) is 1. The highest BCUT2D eigenvalue weighted by Gasteiger charge is 2.27. The average Bonchev–Trinajstić information content (AvgIpc) is 2.37. The van der Waals surface area contributed by atoms with Crippen molar-refractivity contribution in [2.24, 2.45) is 5.92 Å². The van der Waals surface area contributed by atoms with Gasteiger partial charge in [0, 0.05) is 19.6 Å². The van der Waals surface area contributed by atoms with E-state index in [4.69, 9.17) is 5.11 Å². The largest absolute Gasteiger partial charge is 0.481 e. The van der Waals surface area contributed by atoms with E-state index in [9.17, 15) is 9.59 Å². The van der Waals surface area contributed by atoms with Crippen LogP contribution in [0, 0.1) is 5.92 Å². The highest BCUT2D eigenvalue weighted by Crippen LogP contribution is 2.16. The van der Waals surface area contributed by atoms with E-state index in [2.05, 4.69) is 10.2 Å². The molecule has 2 amide bonds. The number of carboxylic acids is 1. The summed E-state index contributed by atoms with van der Waals surface area (Å²) in [5.74, 6) is -1.21. The van der Waals surface area contributed by atoms with E-state index in [0.29, 0.717) is 26.1 Å². The molecular formula is C13H25N3O3. The molecule has 0 aliphatic carbocycles. The number of amides is 2. The van der Waals surface area contributed by atoms with E-state index >= 15 is 0 Å². The lowest BCUT2D eigenvalue weighted by atomic mass is 9.99.